The quantitative estimate of drug-likeness (QED) is 0.717. The normalized spacial score (nSPS) is 12.8. The lowest BCUT2D eigenvalue weighted by Crippen LogP contribution is -1.98. The molecular weight excluding hydrogens is 164 g/mol. The van der Waals surface area contributed by atoms with Crippen LogP contribution in [0.5, 0.6) is 0 Å². The second-order valence-electron chi connectivity index (χ2n) is 3.29. The monoisotopic (exact) mass is 180 g/mol. The van der Waals surface area contributed by atoms with Gasteiger partial charge in [-0.3, -0.25) is 0 Å². The Kier molecular flexibility index (Phi) is 3.25. The molecule has 0 amide bonds. The first-order valence-electron chi connectivity index (χ1n) is 4.46. The van der Waals surface area contributed by atoms with Gasteiger partial charge in [-0.1, -0.05) is 19.1 Å². The topological polar surface area (TPSA) is 38.0 Å². The molecule has 1 heterocycles. The van der Waals surface area contributed by atoms with Gasteiger partial charge in [-0.15, -0.1) is 0 Å². The number of hydrogen-bond acceptors (Lipinski definition) is 2. The highest BCUT2D eigenvalue weighted by molar-refractivity contribution is 5.06. The molecule has 0 aliphatic rings. The lowest BCUT2D eigenvalue weighted by molar-refractivity contribution is 0.173. The smallest absolute Gasteiger partial charge is 0.101 e. The van der Waals surface area contributed by atoms with E-state index in [9.17, 15) is 5.11 Å². The molecule has 1 unspecified atom stereocenters. The molecule has 1 aromatic rings. The Bertz CT molecular complexity index is 291. The molecule has 0 aliphatic carbocycles. The summed E-state index contributed by atoms with van der Waals surface area (Å²) in [6, 6.07) is 0. The van der Waals surface area contributed by atoms with Crippen molar-refractivity contribution in [2.45, 2.75) is 25.9 Å². The van der Waals surface area contributed by atoms with Crippen LogP contribution in [0, 0.1) is 0 Å². The van der Waals surface area contributed by atoms with Crippen molar-refractivity contribution in [2.75, 3.05) is 0 Å². The zero-order chi connectivity index (χ0) is 9.84. The van der Waals surface area contributed by atoms with Crippen molar-refractivity contribution in [1.82, 2.24) is 9.55 Å². The van der Waals surface area contributed by atoms with Crippen molar-refractivity contribution in [3.63, 3.8) is 0 Å². The molecule has 1 atom stereocenters. The van der Waals surface area contributed by atoms with Gasteiger partial charge < -0.3 is 9.67 Å². The molecule has 1 aromatic heterocycles. The summed E-state index contributed by atoms with van der Waals surface area (Å²) in [5, 5.41) is 9.70. The van der Waals surface area contributed by atoms with Crippen LogP contribution < -0.4 is 0 Å². The van der Waals surface area contributed by atoms with E-state index in [1.165, 1.54) is 0 Å². The lowest BCUT2D eigenvalue weighted by Gasteiger charge is -2.08. The van der Waals surface area contributed by atoms with Crippen molar-refractivity contribution >= 4 is 0 Å². The van der Waals surface area contributed by atoms with Gasteiger partial charge in [0, 0.05) is 13.2 Å². The van der Waals surface area contributed by atoms with Crippen LogP contribution in [0.4, 0.5) is 0 Å². The zero-order valence-corrected chi connectivity index (χ0v) is 8.20. The standard InChI is InChI=1S/C10H16N2O/c1-4-8(2)5-10(13)9-6-12(3)7-11-9/h6-7,10,13H,2,4-5H2,1,3H3. The second-order valence-corrected chi connectivity index (χ2v) is 3.29. The summed E-state index contributed by atoms with van der Waals surface area (Å²) >= 11 is 0. The minimum atomic E-state index is -0.506. The Balaban J connectivity index is 2.58. The van der Waals surface area contributed by atoms with Crippen LogP contribution in [0.15, 0.2) is 24.7 Å². The van der Waals surface area contributed by atoms with Gasteiger partial charge in [0.25, 0.3) is 0 Å². The fraction of sp³-hybridized carbons (Fsp3) is 0.500. The molecule has 0 bridgehead atoms. The number of aryl methyl sites for hydroxylation is 1. The Hall–Kier alpha value is -1.09. The Morgan fingerprint density at radius 2 is 2.46 bits per heavy atom. The Morgan fingerprint density at radius 3 is 2.92 bits per heavy atom. The maximum Gasteiger partial charge on any atom is 0.101 e. The van der Waals surface area contributed by atoms with E-state index in [1.807, 2.05) is 24.7 Å². The van der Waals surface area contributed by atoms with Crippen molar-refractivity contribution in [3.05, 3.63) is 30.4 Å². The summed E-state index contributed by atoms with van der Waals surface area (Å²) in [6.07, 6.45) is 4.52. The van der Waals surface area contributed by atoms with Gasteiger partial charge in [0.05, 0.1) is 12.0 Å². The molecule has 1 rings (SSSR count). The maximum absolute atomic E-state index is 9.70. The van der Waals surface area contributed by atoms with Crippen LogP contribution in [0.2, 0.25) is 0 Å². The predicted molar refractivity (Wildman–Crippen MR) is 52.2 cm³/mol. The van der Waals surface area contributed by atoms with Crippen LogP contribution in [-0.2, 0) is 7.05 Å². The zero-order valence-electron chi connectivity index (χ0n) is 8.20. The minimum absolute atomic E-state index is 0.506. The lowest BCUT2D eigenvalue weighted by atomic mass is 10.1. The van der Waals surface area contributed by atoms with E-state index in [0.29, 0.717) is 6.42 Å². The maximum atomic E-state index is 9.70. The molecule has 72 valence electrons. The van der Waals surface area contributed by atoms with E-state index in [0.717, 1.165) is 17.7 Å². The number of hydrogen-bond donors (Lipinski definition) is 1. The van der Waals surface area contributed by atoms with Crippen LogP contribution in [0.1, 0.15) is 31.6 Å². The third-order valence-corrected chi connectivity index (χ3v) is 2.05. The van der Waals surface area contributed by atoms with Crippen molar-refractivity contribution < 1.29 is 5.11 Å². The summed E-state index contributed by atoms with van der Waals surface area (Å²) in [5.41, 5.74) is 1.77. The first-order valence-corrected chi connectivity index (χ1v) is 4.46. The van der Waals surface area contributed by atoms with Crippen molar-refractivity contribution in [3.8, 4) is 0 Å². The van der Waals surface area contributed by atoms with E-state index in [1.54, 1.807) is 6.33 Å². The van der Waals surface area contributed by atoms with Gasteiger partial charge >= 0.3 is 0 Å². The minimum Gasteiger partial charge on any atom is -0.386 e. The fourth-order valence-electron chi connectivity index (χ4n) is 1.13. The number of aliphatic hydroxyl groups excluding tert-OH is 1. The van der Waals surface area contributed by atoms with E-state index in [-0.39, 0.29) is 0 Å². The molecule has 0 radical (unpaired) electrons. The van der Waals surface area contributed by atoms with Crippen LogP contribution in [0.25, 0.3) is 0 Å². The molecule has 0 aliphatic heterocycles. The third-order valence-electron chi connectivity index (χ3n) is 2.05. The highest BCUT2D eigenvalue weighted by atomic mass is 16.3. The van der Waals surface area contributed by atoms with E-state index in [4.69, 9.17) is 0 Å². The average molecular weight is 180 g/mol. The average Bonchev–Trinajstić information content (AvgIpc) is 2.51. The van der Waals surface area contributed by atoms with Gasteiger partial charge in [-0.05, 0) is 12.8 Å². The number of aliphatic hydroxyl groups is 1. The van der Waals surface area contributed by atoms with Crippen LogP contribution >= 0.6 is 0 Å². The molecule has 0 aromatic carbocycles. The molecule has 13 heavy (non-hydrogen) atoms. The largest absolute Gasteiger partial charge is 0.386 e. The Labute approximate surface area is 78.7 Å². The summed E-state index contributed by atoms with van der Waals surface area (Å²) < 4.78 is 1.83. The van der Waals surface area contributed by atoms with Gasteiger partial charge in [0.1, 0.15) is 6.10 Å². The number of rotatable bonds is 4. The van der Waals surface area contributed by atoms with Crippen molar-refractivity contribution in [2.24, 2.45) is 7.05 Å². The number of nitrogens with zero attached hydrogens (tertiary/aromatic N) is 2. The molecule has 3 heteroatoms. The van der Waals surface area contributed by atoms with Crippen LogP contribution in [0.3, 0.4) is 0 Å². The molecule has 0 fully saturated rings. The molecular formula is C10H16N2O. The second kappa shape index (κ2) is 4.23. The highest BCUT2D eigenvalue weighted by Crippen LogP contribution is 2.19. The van der Waals surface area contributed by atoms with Crippen molar-refractivity contribution in [1.29, 1.82) is 0 Å². The molecule has 3 nitrogen and oxygen atoms in total. The highest BCUT2D eigenvalue weighted by Gasteiger charge is 2.10. The predicted octanol–water partition coefficient (Wildman–Crippen LogP) is 1.81. The fourth-order valence-corrected chi connectivity index (χ4v) is 1.13. The molecule has 0 spiro atoms. The SMILES string of the molecule is C=C(CC)CC(O)c1cn(C)cn1. The summed E-state index contributed by atoms with van der Waals surface area (Å²) in [6.45, 7) is 5.89. The van der Waals surface area contributed by atoms with E-state index < -0.39 is 6.10 Å². The summed E-state index contributed by atoms with van der Waals surface area (Å²) in [7, 11) is 1.89. The molecule has 0 saturated heterocycles. The van der Waals surface area contributed by atoms with E-state index >= 15 is 0 Å². The van der Waals surface area contributed by atoms with Gasteiger partial charge in [-0.25, -0.2) is 4.98 Å². The van der Waals surface area contributed by atoms with Gasteiger partial charge in [-0.2, -0.15) is 0 Å². The van der Waals surface area contributed by atoms with Gasteiger partial charge in [0.2, 0.25) is 0 Å². The first kappa shape index (κ1) is 9.99. The Morgan fingerprint density at radius 1 is 1.77 bits per heavy atom. The van der Waals surface area contributed by atoms with Gasteiger partial charge in [0.15, 0.2) is 0 Å². The first-order chi connectivity index (χ1) is 6.13. The third kappa shape index (κ3) is 2.70. The number of imidazole rings is 1. The summed E-state index contributed by atoms with van der Waals surface area (Å²) in [4.78, 5) is 4.07. The molecule has 1 N–H and O–H groups in total. The molecule has 0 saturated carbocycles. The van der Waals surface area contributed by atoms with Crippen LogP contribution in [-0.4, -0.2) is 14.7 Å². The van der Waals surface area contributed by atoms with E-state index in [2.05, 4.69) is 11.6 Å². The summed E-state index contributed by atoms with van der Waals surface area (Å²) in [5.74, 6) is 0. The number of aromatic nitrogens is 2.